The molecule has 0 aromatic heterocycles. The van der Waals surface area contributed by atoms with Gasteiger partial charge in [0.1, 0.15) is 18.9 Å². The van der Waals surface area contributed by atoms with Gasteiger partial charge in [-0.05, 0) is 24.3 Å². The van der Waals surface area contributed by atoms with Crippen molar-refractivity contribution < 1.29 is 19.4 Å². The van der Waals surface area contributed by atoms with Crippen molar-refractivity contribution in [2.75, 3.05) is 19.7 Å². The van der Waals surface area contributed by atoms with E-state index in [1.807, 2.05) is 0 Å². The predicted octanol–water partition coefficient (Wildman–Crippen LogP) is 1.41. The van der Waals surface area contributed by atoms with Crippen LogP contribution in [-0.4, -0.2) is 41.6 Å². The Kier molecular flexibility index (Phi) is 5.85. The first-order valence-electron chi connectivity index (χ1n) is 5.86. The van der Waals surface area contributed by atoms with Crippen molar-refractivity contribution >= 4 is 11.9 Å². The molecule has 0 atom stereocenters. The molecular weight excluding hydrogens is 258 g/mol. The molecule has 0 aliphatic heterocycles. The third-order valence-electron chi connectivity index (χ3n) is 2.36. The Morgan fingerprint density at radius 2 is 2.05 bits per heavy atom. The van der Waals surface area contributed by atoms with Gasteiger partial charge >= 0.3 is 5.97 Å². The lowest BCUT2D eigenvalue weighted by Crippen LogP contribution is -2.35. The molecule has 0 spiro atoms. The van der Waals surface area contributed by atoms with Gasteiger partial charge in [0, 0.05) is 5.56 Å². The summed E-state index contributed by atoms with van der Waals surface area (Å²) in [5.74, 6) is 1.33. The van der Waals surface area contributed by atoms with Gasteiger partial charge in [0.2, 0.25) is 0 Å². The molecule has 1 aromatic rings. The second kappa shape index (κ2) is 7.64. The fraction of sp³-hybridized carbons (Fsp3) is 0.200. The largest absolute Gasteiger partial charge is 0.490 e. The summed E-state index contributed by atoms with van der Waals surface area (Å²) in [6.45, 7) is 3.41. The zero-order chi connectivity index (χ0) is 15.0. The fourth-order valence-corrected chi connectivity index (χ4v) is 1.50. The van der Waals surface area contributed by atoms with E-state index in [1.165, 1.54) is 0 Å². The summed E-state index contributed by atoms with van der Waals surface area (Å²) in [5.41, 5.74) is 0.354. The van der Waals surface area contributed by atoms with Crippen LogP contribution in [0.2, 0.25) is 0 Å². The number of nitrogens with zero attached hydrogens (tertiary/aromatic N) is 1. The molecule has 0 aliphatic carbocycles. The van der Waals surface area contributed by atoms with E-state index in [1.54, 1.807) is 30.3 Å². The van der Waals surface area contributed by atoms with Crippen LogP contribution in [0.15, 0.2) is 36.9 Å². The Morgan fingerprint density at radius 3 is 2.55 bits per heavy atom. The lowest BCUT2D eigenvalue weighted by atomic mass is 10.2. The number of amides is 1. The molecule has 0 saturated carbocycles. The van der Waals surface area contributed by atoms with Crippen LogP contribution in [0.25, 0.3) is 0 Å². The van der Waals surface area contributed by atoms with Crippen molar-refractivity contribution in [1.82, 2.24) is 4.90 Å². The summed E-state index contributed by atoms with van der Waals surface area (Å²) in [6.07, 6.45) is 6.75. The lowest BCUT2D eigenvalue weighted by molar-refractivity contribution is -0.137. The smallest absolute Gasteiger partial charge is 0.323 e. The van der Waals surface area contributed by atoms with Crippen molar-refractivity contribution in [3.05, 3.63) is 42.5 Å². The number of benzene rings is 1. The second-order valence-electron chi connectivity index (χ2n) is 3.88. The minimum absolute atomic E-state index is 0.0557. The SMILES string of the molecule is C#CCN(CC(=O)O)C(=O)c1ccc(OCC=C)cc1. The maximum Gasteiger partial charge on any atom is 0.323 e. The number of rotatable bonds is 7. The highest BCUT2D eigenvalue weighted by Crippen LogP contribution is 2.13. The number of aliphatic carboxylic acids is 1. The van der Waals surface area contributed by atoms with Gasteiger partial charge in [-0.2, -0.15) is 0 Å². The summed E-state index contributed by atoms with van der Waals surface area (Å²) in [4.78, 5) is 23.9. The van der Waals surface area contributed by atoms with Crippen LogP contribution in [-0.2, 0) is 4.79 Å². The van der Waals surface area contributed by atoms with E-state index in [9.17, 15) is 9.59 Å². The van der Waals surface area contributed by atoms with Crippen molar-refractivity contribution in [3.8, 4) is 18.1 Å². The van der Waals surface area contributed by atoms with Gasteiger partial charge < -0.3 is 14.7 Å². The molecule has 1 amide bonds. The van der Waals surface area contributed by atoms with Gasteiger partial charge in [-0.25, -0.2) is 0 Å². The average molecular weight is 273 g/mol. The molecule has 0 radical (unpaired) electrons. The molecule has 0 aliphatic rings. The van der Waals surface area contributed by atoms with Crippen molar-refractivity contribution in [1.29, 1.82) is 0 Å². The molecule has 0 bridgehead atoms. The third-order valence-corrected chi connectivity index (χ3v) is 2.36. The summed E-state index contributed by atoms with van der Waals surface area (Å²) >= 11 is 0. The number of ether oxygens (including phenoxy) is 1. The van der Waals surface area contributed by atoms with Crippen LogP contribution < -0.4 is 4.74 Å². The Labute approximate surface area is 117 Å². The first kappa shape index (κ1) is 15.3. The van der Waals surface area contributed by atoms with Gasteiger partial charge in [-0.1, -0.05) is 18.6 Å². The van der Waals surface area contributed by atoms with Gasteiger partial charge in [0.05, 0.1) is 6.54 Å². The van der Waals surface area contributed by atoms with Crippen LogP contribution in [0.5, 0.6) is 5.75 Å². The average Bonchev–Trinajstić information content (AvgIpc) is 2.44. The van der Waals surface area contributed by atoms with Crippen LogP contribution in [0.1, 0.15) is 10.4 Å². The van der Waals surface area contributed by atoms with E-state index < -0.39 is 18.4 Å². The van der Waals surface area contributed by atoms with E-state index in [4.69, 9.17) is 16.3 Å². The molecular formula is C15H15NO4. The molecule has 1 aromatic carbocycles. The molecule has 5 nitrogen and oxygen atoms in total. The minimum atomic E-state index is -1.11. The predicted molar refractivity (Wildman–Crippen MR) is 74.5 cm³/mol. The molecule has 0 saturated heterocycles. The molecule has 1 N–H and O–H groups in total. The second-order valence-corrected chi connectivity index (χ2v) is 3.88. The minimum Gasteiger partial charge on any atom is -0.490 e. The van der Waals surface area contributed by atoms with Crippen LogP contribution in [0, 0.1) is 12.3 Å². The van der Waals surface area contributed by atoms with E-state index >= 15 is 0 Å². The highest BCUT2D eigenvalue weighted by atomic mass is 16.5. The fourth-order valence-electron chi connectivity index (χ4n) is 1.50. The highest BCUT2D eigenvalue weighted by Gasteiger charge is 2.17. The van der Waals surface area contributed by atoms with Crippen molar-refractivity contribution in [3.63, 3.8) is 0 Å². The van der Waals surface area contributed by atoms with Gasteiger partial charge in [0.25, 0.3) is 5.91 Å². The lowest BCUT2D eigenvalue weighted by Gasteiger charge is -2.18. The summed E-state index contributed by atoms with van der Waals surface area (Å²) in [6, 6.07) is 6.38. The summed E-state index contributed by atoms with van der Waals surface area (Å²) in [7, 11) is 0. The number of carbonyl (C=O) groups excluding carboxylic acids is 1. The zero-order valence-corrected chi connectivity index (χ0v) is 10.9. The Morgan fingerprint density at radius 1 is 1.40 bits per heavy atom. The summed E-state index contributed by atoms with van der Waals surface area (Å²) < 4.78 is 5.29. The van der Waals surface area contributed by atoms with E-state index in [2.05, 4.69) is 12.5 Å². The topological polar surface area (TPSA) is 66.8 Å². The molecule has 5 heteroatoms. The molecule has 0 heterocycles. The van der Waals surface area contributed by atoms with Gasteiger partial charge in [0.15, 0.2) is 0 Å². The van der Waals surface area contributed by atoms with Crippen LogP contribution in [0.3, 0.4) is 0 Å². The van der Waals surface area contributed by atoms with Crippen molar-refractivity contribution in [2.24, 2.45) is 0 Å². The quantitative estimate of drug-likeness (QED) is 0.602. The Balaban J connectivity index is 2.81. The van der Waals surface area contributed by atoms with Crippen molar-refractivity contribution in [2.45, 2.75) is 0 Å². The van der Waals surface area contributed by atoms with Gasteiger partial charge in [-0.15, -0.1) is 6.42 Å². The first-order chi connectivity index (χ1) is 9.58. The number of hydrogen-bond donors (Lipinski definition) is 1. The van der Waals surface area contributed by atoms with Crippen LogP contribution >= 0.6 is 0 Å². The molecule has 20 heavy (non-hydrogen) atoms. The van der Waals surface area contributed by atoms with E-state index in [0.717, 1.165) is 4.90 Å². The maximum atomic E-state index is 12.1. The number of terminal acetylenes is 1. The number of carboxylic acids is 1. The molecule has 0 fully saturated rings. The zero-order valence-electron chi connectivity index (χ0n) is 10.9. The number of carboxylic acid groups (broad SMARTS) is 1. The standard InChI is InChI=1S/C15H15NO4/c1-3-9-16(11-14(17)18)15(19)12-5-7-13(8-6-12)20-10-4-2/h1,4-8H,2,9-11H2,(H,17,18). The third kappa shape index (κ3) is 4.50. The van der Waals surface area contributed by atoms with Crippen LogP contribution in [0.4, 0.5) is 0 Å². The molecule has 104 valence electrons. The Hall–Kier alpha value is -2.74. The molecule has 0 unspecified atom stereocenters. The normalized spacial score (nSPS) is 9.35. The van der Waals surface area contributed by atoms with Gasteiger partial charge in [-0.3, -0.25) is 9.59 Å². The highest BCUT2D eigenvalue weighted by molar-refractivity contribution is 5.96. The maximum absolute atomic E-state index is 12.1. The van der Waals surface area contributed by atoms with E-state index in [-0.39, 0.29) is 6.54 Å². The number of carbonyl (C=O) groups is 2. The summed E-state index contributed by atoms with van der Waals surface area (Å²) in [5, 5.41) is 8.76. The van der Waals surface area contributed by atoms with E-state index in [0.29, 0.717) is 17.9 Å². The first-order valence-corrected chi connectivity index (χ1v) is 5.86. The number of hydrogen-bond acceptors (Lipinski definition) is 3. The Bertz CT molecular complexity index is 528. The molecule has 1 rings (SSSR count). The monoisotopic (exact) mass is 273 g/mol.